The van der Waals surface area contributed by atoms with Crippen molar-refractivity contribution in [2.24, 2.45) is 0 Å². The van der Waals surface area contributed by atoms with Crippen LogP contribution in [0, 0.1) is 7.43 Å². The van der Waals surface area contributed by atoms with E-state index in [0.717, 1.165) is 85.9 Å². The number of imidazole rings is 4. The zero-order valence-corrected chi connectivity index (χ0v) is 46.4. The monoisotopic (exact) mass is 1030 g/mol. The fraction of sp³-hybridized carbons (Fsp3) is 0. The van der Waals surface area contributed by atoms with Crippen LogP contribution in [0.3, 0.4) is 0 Å². The molecule has 0 aliphatic rings. The molecule has 19 heteroatoms. The Balaban J connectivity index is 0.000000356. The third-order valence-electron chi connectivity index (χ3n) is 9.05. The predicted molar refractivity (Wildman–Crippen MR) is 240 cm³/mol. The molecule has 0 bridgehead atoms. The van der Waals surface area contributed by atoms with Crippen molar-refractivity contribution < 1.29 is 154 Å². The van der Waals surface area contributed by atoms with Gasteiger partial charge in [-0.2, -0.15) is 0 Å². The number of halogens is 2. The predicted octanol–water partition coefficient (Wildman–Crippen LogP) is 0.517. The van der Waals surface area contributed by atoms with Crippen LogP contribution < -0.4 is 138 Å². The molecular formula is C42H31Br2K2N8NaO4S2-2. The van der Waals surface area contributed by atoms with Crippen LogP contribution in [0.1, 0.15) is 1.43 Å². The number of carbonyl (C=O) groups is 1. The van der Waals surface area contributed by atoms with Gasteiger partial charge in [0.1, 0.15) is 0 Å². The Bertz CT molecular complexity index is 3070. The van der Waals surface area contributed by atoms with Crippen molar-refractivity contribution in [2.45, 2.75) is 0 Å². The van der Waals surface area contributed by atoms with E-state index in [0.29, 0.717) is 0 Å². The van der Waals surface area contributed by atoms with E-state index in [1.54, 1.807) is 11.3 Å². The zero-order chi connectivity index (χ0) is 37.5. The number of hydrogen-bond donors (Lipinski definition) is 0. The summed E-state index contributed by atoms with van der Waals surface area (Å²) in [5.41, 5.74) is 12.5. The maximum Gasteiger partial charge on any atom is 1.00 e. The van der Waals surface area contributed by atoms with Crippen LogP contribution in [-0.2, 0) is 23.2 Å². The van der Waals surface area contributed by atoms with Gasteiger partial charge in [-0.25, -0.2) is 19.9 Å². The van der Waals surface area contributed by atoms with E-state index in [2.05, 4.69) is 150 Å². The number of hydrogen-bond acceptors (Lipinski definition) is 10. The third-order valence-corrected chi connectivity index (χ3v) is 11.0. The van der Waals surface area contributed by atoms with Crippen LogP contribution in [0.4, 0.5) is 0 Å². The molecule has 0 radical (unpaired) electrons. The number of nitrogens with zero attached hydrogens (tertiary/aromatic N) is 8. The van der Waals surface area contributed by atoms with Crippen molar-refractivity contribution in [3.05, 3.63) is 162 Å². The first kappa shape index (κ1) is 53.7. The normalized spacial score (nSPS) is 10.1. The number of carbonyl (C=O) groups excluding carboxylic acids is 1. The first-order chi connectivity index (χ1) is 27.1. The Morgan fingerprint density at radius 3 is 1.15 bits per heavy atom. The minimum absolute atomic E-state index is 0. The Morgan fingerprint density at radius 2 is 0.803 bits per heavy atom. The number of para-hydroxylation sites is 12. The number of benzene rings is 6. The van der Waals surface area contributed by atoms with E-state index in [-0.39, 0.29) is 167 Å². The molecule has 0 saturated heterocycles. The van der Waals surface area contributed by atoms with Gasteiger partial charge < -0.3 is 38.0 Å². The van der Waals surface area contributed by atoms with E-state index in [1.165, 1.54) is 0 Å². The molecule has 11 rings (SSSR count). The van der Waals surface area contributed by atoms with Gasteiger partial charge in [-0.1, -0.05) is 84.1 Å². The first-order valence-corrected chi connectivity index (χ1v) is 19.3. The van der Waals surface area contributed by atoms with Crippen molar-refractivity contribution in [3.63, 3.8) is 0 Å². The summed E-state index contributed by atoms with van der Waals surface area (Å²) in [6.07, 6.45) is 0. The summed E-state index contributed by atoms with van der Waals surface area (Å²) in [7, 11) is 0. The minimum Gasteiger partial charge on any atom is -1.00 e. The molecule has 0 amide bonds. The molecule has 6 aromatic carbocycles. The van der Waals surface area contributed by atoms with Gasteiger partial charge in [0.2, 0.25) is 0 Å². The molecule has 0 atom stereocenters. The van der Waals surface area contributed by atoms with Crippen molar-refractivity contribution in [2.75, 3.05) is 0 Å². The summed E-state index contributed by atoms with van der Waals surface area (Å²) in [5, 5.41) is 8.43. The van der Waals surface area contributed by atoms with Gasteiger partial charge >= 0.3 is 132 Å². The largest absolute Gasteiger partial charge is 1.00 e. The molecular weight excluding hydrogens is 1010 g/mol. The third kappa shape index (κ3) is 10.4. The molecule has 0 aliphatic heterocycles. The molecule has 12 nitrogen and oxygen atoms in total. The van der Waals surface area contributed by atoms with E-state index in [1.807, 2.05) is 60.7 Å². The Kier molecular flexibility index (Phi) is 21.2. The van der Waals surface area contributed by atoms with Crippen LogP contribution in [0.2, 0.25) is 0 Å². The zero-order valence-electron chi connectivity index (χ0n) is 34.3. The molecule has 5 aromatic heterocycles. The summed E-state index contributed by atoms with van der Waals surface area (Å²) in [6.45, 7) is -0.181. The quantitative estimate of drug-likeness (QED) is 0.0470. The van der Waals surface area contributed by atoms with Crippen LogP contribution in [-0.4, -0.2) is 49.8 Å². The molecule has 294 valence electrons. The smallest absolute Gasteiger partial charge is 1.00 e. The van der Waals surface area contributed by atoms with Crippen LogP contribution >= 0.6 is 43.2 Å². The van der Waals surface area contributed by atoms with Gasteiger partial charge in [-0.3, -0.25) is 22.7 Å². The summed E-state index contributed by atoms with van der Waals surface area (Å²) < 4.78 is 10.2. The molecule has 61 heavy (non-hydrogen) atoms. The summed E-state index contributed by atoms with van der Waals surface area (Å²) in [6, 6.07) is 49.5. The SMILES string of the molecule is Brc1nc2ccccc2n1-c1ccccc1-n1c(Br)nc2ccccc21.O=CO[O-].[CH3-].[H-].[K+].[K+].[Na+].[OH-].[SH-].c1ccc2c(c1)nc1sc3nc4ccccc4n3c3ccccc3n12. The Morgan fingerprint density at radius 1 is 0.525 bits per heavy atom. The molecule has 5 heterocycles. The standard InChI is InChI=1S/C20H12Br2N4.C20H12N4S.CH2O3.CH3.2K.Na.H2O.H2S.H/c21-19-23-13-7-1-3-9-15(13)25(19)17-11-5-6-12-18(17)26-16-10-4-2-8-14(16)24-20(26)22;1-3-9-15-13(7-1)21-19-23(15)17-11-5-6-12-18(17)24-16-10-4-2-8-14(16)22-20(24)25-19;2-1-4-3;;;;;;;/h1-12H;1-12H;1,3H;1H3;;;;2*1H2;/q;;;-1;3*+1;;;-1/p-3. The summed E-state index contributed by atoms with van der Waals surface area (Å²) >= 11 is 8.87. The van der Waals surface area contributed by atoms with Crippen molar-refractivity contribution >= 4 is 128 Å². The summed E-state index contributed by atoms with van der Waals surface area (Å²) in [5.74, 6) is 0. The summed E-state index contributed by atoms with van der Waals surface area (Å²) in [4.78, 5) is 32.1. The first-order valence-electron chi connectivity index (χ1n) is 16.9. The van der Waals surface area contributed by atoms with E-state index in [4.69, 9.17) is 20.0 Å². The van der Waals surface area contributed by atoms with E-state index in [9.17, 15) is 0 Å². The molecule has 0 aliphatic carbocycles. The van der Waals surface area contributed by atoms with Crippen LogP contribution in [0.5, 0.6) is 0 Å². The van der Waals surface area contributed by atoms with Gasteiger partial charge in [0, 0.05) is 0 Å². The van der Waals surface area contributed by atoms with Crippen molar-refractivity contribution in [1.82, 2.24) is 37.9 Å². The average molecular weight is 1040 g/mol. The second kappa shape index (κ2) is 24.1. The number of rotatable bonds is 3. The van der Waals surface area contributed by atoms with Gasteiger partial charge in [0.15, 0.2) is 19.4 Å². The van der Waals surface area contributed by atoms with Gasteiger partial charge in [-0.15, -0.1) is 0 Å². The minimum atomic E-state index is -0.181. The van der Waals surface area contributed by atoms with Crippen molar-refractivity contribution in [1.29, 1.82) is 0 Å². The van der Waals surface area contributed by atoms with Crippen molar-refractivity contribution in [3.8, 4) is 11.4 Å². The molecule has 0 spiro atoms. The second-order valence-electron chi connectivity index (χ2n) is 12.1. The second-order valence-corrected chi connectivity index (χ2v) is 14.5. The van der Waals surface area contributed by atoms with E-state index >= 15 is 0 Å². The van der Waals surface area contributed by atoms with E-state index < -0.39 is 0 Å². The Labute approximate surface area is 486 Å². The van der Waals surface area contributed by atoms with Gasteiger partial charge in [-0.05, 0) is 105 Å². The fourth-order valence-corrected chi connectivity index (χ4v) is 9.00. The molecule has 0 saturated carbocycles. The maximum absolute atomic E-state index is 8.64. The average Bonchev–Trinajstić information content (AvgIpc) is 3.95. The Hall–Kier alpha value is -1.61. The topological polar surface area (TPSA) is 150 Å². The molecule has 0 unspecified atom stereocenters. The number of thiol groups is 1. The van der Waals surface area contributed by atoms with Crippen LogP contribution in [0.25, 0.3) is 76.5 Å². The van der Waals surface area contributed by atoms with Gasteiger partial charge in [0.25, 0.3) is 6.47 Å². The fourth-order valence-electron chi connectivity index (χ4n) is 6.83. The number of aromatic nitrogens is 8. The molecule has 1 N–H and O–H groups in total. The number of fused-ring (bicyclic) bond motifs is 11. The van der Waals surface area contributed by atoms with Crippen LogP contribution in [0.15, 0.2) is 155 Å². The molecule has 11 aromatic rings. The molecule has 0 fully saturated rings. The van der Waals surface area contributed by atoms with Gasteiger partial charge in [0.05, 0.1) is 66.5 Å². The maximum atomic E-state index is 8.64.